The lowest BCUT2D eigenvalue weighted by Gasteiger charge is -2.16. The Morgan fingerprint density at radius 3 is 2.61 bits per heavy atom. The van der Waals surface area contributed by atoms with E-state index >= 15 is 0 Å². The fourth-order valence-electron chi connectivity index (χ4n) is 1.27. The summed E-state index contributed by atoms with van der Waals surface area (Å²) >= 11 is 0. The van der Waals surface area contributed by atoms with Crippen molar-refractivity contribution in [2.45, 2.75) is 4.90 Å². The standard InChI is InChI=1S/C9H12FN3O4S/c1-12(5-4-11)18(16,17)9-6-7(13(14)15)2-3-8(9)10/h2-3,6H,4-5,11H2,1H3. The van der Waals surface area contributed by atoms with Crippen molar-refractivity contribution < 1.29 is 17.7 Å². The minimum atomic E-state index is -4.11. The molecule has 0 amide bonds. The van der Waals surface area contributed by atoms with Gasteiger partial charge in [0.15, 0.2) is 0 Å². The van der Waals surface area contributed by atoms with Crippen LogP contribution in [0.15, 0.2) is 23.1 Å². The van der Waals surface area contributed by atoms with Crippen molar-refractivity contribution in [2.75, 3.05) is 20.1 Å². The molecule has 0 heterocycles. The first-order valence-electron chi connectivity index (χ1n) is 4.91. The molecule has 0 aliphatic heterocycles. The van der Waals surface area contributed by atoms with E-state index in [2.05, 4.69) is 0 Å². The molecule has 0 aliphatic carbocycles. The molecule has 0 saturated heterocycles. The molecule has 0 spiro atoms. The smallest absolute Gasteiger partial charge is 0.270 e. The molecule has 18 heavy (non-hydrogen) atoms. The molecule has 0 aromatic heterocycles. The first kappa shape index (κ1) is 14.5. The zero-order chi connectivity index (χ0) is 13.9. The van der Waals surface area contributed by atoms with E-state index in [9.17, 15) is 22.9 Å². The van der Waals surface area contributed by atoms with Gasteiger partial charge < -0.3 is 5.73 Å². The Labute approximate surface area is 103 Å². The number of nitro groups is 1. The van der Waals surface area contributed by atoms with Gasteiger partial charge in [-0.3, -0.25) is 10.1 Å². The summed E-state index contributed by atoms with van der Waals surface area (Å²) in [5, 5.41) is 10.5. The summed E-state index contributed by atoms with van der Waals surface area (Å²) in [5.41, 5.74) is 4.72. The molecular formula is C9H12FN3O4S. The van der Waals surface area contributed by atoms with Crippen molar-refractivity contribution in [1.29, 1.82) is 0 Å². The van der Waals surface area contributed by atoms with Crippen molar-refractivity contribution in [2.24, 2.45) is 5.73 Å². The highest BCUT2D eigenvalue weighted by molar-refractivity contribution is 7.89. The van der Waals surface area contributed by atoms with Crippen LogP contribution in [0, 0.1) is 15.9 Å². The van der Waals surface area contributed by atoms with Gasteiger partial charge in [-0.15, -0.1) is 0 Å². The summed E-state index contributed by atoms with van der Waals surface area (Å²) < 4.78 is 38.2. The minimum Gasteiger partial charge on any atom is -0.329 e. The number of benzene rings is 1. The average molecular weight is 277 g/mol. The van der Waals surface area contributed by atoms with Crippen molar-refractivity contribution in [3.8, 4) is 0 Å². The van der Waals surface area contributed by atoms with Crippen LogP contribution in [0.3, 0.4) is 0 Å². The van der Waals surface area contributed by atoms with Crippen LogP contribution in [0.25, 0.3) is 0 Å². The maximum Gasteiger partial charge on any atom is 0.270 e. The Balaban J connectivity index is 3.31. The molecule has 2 N–H and O–H groups in total. The number of hydrogen-bond donors (Lipinski definition) is 1. The van der Waals surface area contributed by atoms with Crippen LogP contribution in [0.2, 0.25) is 0 Å². The van der Waals surface area contributed by atoms with Crippen LogP contribution < -0.4 is 5.73 Å². The molecule has 1 aromatic rings. The predicted molar refractivity (Wildman–Crippen MR) is 61.9 cm³/mol. The van der Waals surface area contributed by atoms with Gasteiger partial charge in [0.1, 0.15) is 10.7 Å². The lowest BCUT2D eigenvalue weighted by molar-refractivity contribution is -0.385. The summed E-state index contributed by atoms with van der Waals surface area (Å²) in [4.78, 5) is 9.02. The fourth-order valence-corrected chi connectivity index (χ4v) is 2.54. The van der Waals surface area contributed by atoms with Crippen molar-refractivity contribution in [3.63, 3.8) is 0 Å². The number of non-ortho nitro benzene ring substituents is 1. The molecule has 0 aliphatic rings. The number of likely N-dealkylation sites (N-methyl/N-ethyl adjacent to an activating group) is 1. The molecule has 0 atom stereocenters. The lowest BCUT2D eigenvalue weighted by Crippen LogP contribution is -2.32. The number of nitro benzene ring substituents is 1. The van der Waals surface area contributed by atoms with Gasteiger partial charge in [-0.1, -0.05) is 0 Å². The number of rotatable bonds is 5. The van der Waals surface area contributed by atoms with Gasteiger partial charge >= 0.3 is 0 Å². The maximum atomic E-state index is 13.5. The average Bonchev–Trinajstić information content (AvgIpc) is 2.29. The van der Waals surface area contributed by atoms with Crippen LogP contribution in [0.5, 0.6) is 0 Å². The van der Waals surface area contributed by atoms with Crippen molar-refractivity contribution in [3.05, 3.63) is 34.1 Å². The molecule has 0 radical (unpaired) electrons. The zero-order valence-electron chi connectivity index (χ0n) is 9.54. The molecule has 1 aromatic carbocycles. The summed E-state index contributed by atoms with van der Waals surface area (Å²) in [6.45, 7) is 0.0523. The van der Waals surface area contributed by atoms with Gasteiger partial charge in [-0.2, -0.15) is 4.31 Å². The summed E-state index contributed by atoms with van der Waals surface area (Å²) in [5.74, 6) is -1.04. The van der Waals surface area contributed by atoms with Crippen molar-refractivity contribution in [1.82, 2.24) is 4.31 Å². The third-order valence-corrected chi connectivity index (χ3v) is 4.13. The van der Waals surface area contributed by atoms with Gasteiger partial charge in [0.25, 0.3) is 5.69 Å². The van der Waals surface area contributed by atoms with E-state index < -0.39 is 31.3 Å². The van der Waals surface area contributed by atoms with E-state index in [4.69, 9.17) is 5.73 Å². The SMILES string of the molecule is CN(CCN)S(=O)(=O)c1cc([N+](=O)[O-])ccc1F. The Morgan fingerprint density at radius 1 is 1.50 bits per heavy atom. The number of sulfonamides is 1. The van der Waals surface area contributed by atoms with E-state index in [0.29, 0.717) is 6.07 Å². The van der Waals surface area contributed by atoms with E-state index in [1.54, 1.807) is 0 Å². The monoisotopic (exact) mass is 277 g/mol. The van der Waals surface area contributed by atoms with Gasteiger partial charge in [0.2, 0.25) is 10.0 Å². The van der Waals surface area contributed by atoms with Crippen LogP contribution in [0.1, 0.15) is 0 Å². The Morgan fingerprint density at radius 2 is 2.11 bits per heavy atom. The van der Waals surface area contributed by atoms with E-state index in [0.717, 1.165) is 16.4 Å². The molecule has 100 valence electrons. The summed E-state index contributed by atoms with van der Waals surface area (Å²) in [6.07, 6.45) is 0. The molecule has 0 bridgehead atoms. The first-order valence-corrected chi connectivity index (χ1v) is 6.35. The van der Waals surface area contributed by atoms with Gasteiger partial charge in [0.05, 0.1) is 4.92 Å². The molecule has 7 nitrogen and oxygen atoms in total. The van der Waals surface area contributed by atoms with Crippen molar-refractivity contribution >= 4 is 15.7 Å². The number of hydrogen-bond acceptors (Lipinski definition) is 5. The predicted octanol–water partition coefficient (Wildman–Crippen LogP) is 0.313. The first-order chi connectivity index (χ1) is 8.30. The van der Waals surface area contributed by atoms with Crippen LogP contribution in [-0.4, -0.2) is 37.8 Å². The highest BCUT2D eigenvalue weighted by Crippen LogP contribution is 2.23. The molecule has 0 saturated carbocycles. The van der Waals surface area contributed by atoms with Gasteiger partial charge in [0, 0.05) is 32.3 Å². The third-order valence-electron chi connectivity index (χ3n) is 2.26. The summed E-state index contributed by atoms with van der Waals surface area (Å²) in [7, 11) is -2.89. The molecular weight excluding hydrogens is 265 g/mol. The van der Waals surface area contributed by atoms with E-state index in [1.807, 2.05) is 0 Å². The number of nitrogens with zero attached hydrogens (tertiary/aromatic N) is 2. The van der Waals surface area contributed by atoms with Gasteiger partial charge in [-0.25, -0.2) is 12.8 Å². The maximum absolute atomic E-state index is 13.5. The molecule has 0 fully saturated rings. The molecule has 0 unspecified atom stereocenters. The van der Waals surface area contributed by atoms with Crippen LogP contribution >= 0.6 is 0 Å². The van der Waals surface area contributed by atoms with E-state index in [1.165, 1.54) is 7.05 Å². The number of nitrogens with two attached hydrogens (primary N) is 1. The largest absolute Gasteiger partial charge is 0.329 e. The van der Waals surface area contributed by atoms with Gasteiger partial charge in [-0.05, 0) is 6.07 Å². The quantitative estimate of drug-likeness (QED) is 0.616. The van der Waals surface area contributed by atoms with Crippen LogP contribution in [0.4, 0.5) is 10.1 Å². The highest BCUT2D eigenvalue weighted by atomic mass is 32.2. The zero-order valence-corrected chi connectivity index (χ0v) is 10.4. The summed E-state index contributed by atoms with van der Waals surface area (Å²) in [6, 6.07) is 2.34. The van der Waals surface area contributed by atoms with E-state index in [-0.39, 0.29) is 13.1 Å². The second-order valence-corrected chi connectivity index (χ2v) is 5.50. The topological polar surface area (TPSA) is 107 Å². The Hall–Kier alpha value is -1.58. The molecule has 1 rings (SSSR count). The lowest BCUT2D eigenvalue weighted by atomic mass is 10.3. The highest BCUT2D eigenvalue weighted by Gasteiger charge is 2.26. The number of halogens is 1. The second-order valence-electron chi connectivity index (χ2n) is 3.49. The Bertz CT molecular complexity index is 561. The van der Waals surface area contributed by atoms with Crippen LogP contribution in [-0.2, 0) is 10.0 Å². The fraction of sp³-hybridized carbons (Fsp3) is 0.333. The normalized spacial score (nSPS) is 11.8. The Kier molecular flexibility index (Phi) is 4.33. The second kappa shape index (κ2) is 5.38. The minimum absolute atomic E-state index is 0.00946. The third kappa shape index (κ3) is 2.81. The molecule has 9 heteroatoms.